The lowest BCUT2D eigenvalue weighted by molar-refractivity contribution is -0.144. The number of anilines is 2. The minimum atomic E-state index is -4.58. The van der Waals surface area contributed by atoms with E-state index in [1.807, 2.05) is 0 Å². The second-order valence-corrected chi connectivity index (χ2v) is 4.54. The van der Waals surface area contributed by atoms with Gasteiger partial charge in [0.05, 0.1) is 5.56 Å². The Labute approximate surface area is 115 Å². The number of halogens is 3. The molecule has 0 atom stereocenters. The van der Waals surface area contributed by atoms with Gasteiger partial charge in [0.25, 0.3) is 0 Å². The van der Waals surface area contributed by atoms with Gasteiger partial charge in [-0.1, -0.05) is 0 Å². The summed E-state index contributed by atoms with van der Waals surface area (Å²) in [6, 6.07) is 5.69. The molecular formula is C11H8F3N3O2S. The van der Waals surface area contributed by atoms with Gasteiger partial charge in [0, 0.05) is 24.3 Å². The maximum Gasteiger partial charge on any atom is 0.452 e. The van der Waals surface area contributed by atoms with Crippen molar-refractivity contribution in [2.75, 3.05) is 11.9 Å². The highest BCUT2D eigenvalue weighted by atomic mass is 32.1. The van der Waals surface area contributed by atoms with Crippen molar-refractivity contribution in [3.63, 3.8) is 0 Å². The molecule has 0 saturated carbocycles. The minimum Gasteiger partial charge on any atom is -0.478 e. The molecule has 0 aliphatic carbocycles. The molecule has 1 heterocycles. The summed E-state index contributed by atoms with van der Waals surface area (Å²) < 4.78 is 40.5. The molecule has 0 saturated heterocycles. The topological polar surface area (TPSA) is 66.3 Å². The highest BCUT2D eigenvalue weighted by Gasteiger charge is 2.36. The largest absolute Gasteiger partial charge is 0.478 e. The van der Waals surface area contributed by atoms with Gasteiger partial charge in [-0.2, -0.15) is 22.5 Å². The number of hydrogen-bond acceptors (Lipinski definition) is 5. The number of carboxylic acid groups (broad SMARTS) is 1. The molecule has 0 radical (unpaired) electrons. The molecule has 2 rings (SSSR count). The average Bonchev–Trinajstić information content (AvgIpc) is 2.87. The van der Waals surface area contributed by atoms with Gasteiger partial charge in [0.1, 0.15) is 0 Å². The van der Waals surface area contributed by atoms with E-state index >= 15 is 0 Å². The lowest BCUT2D eigenvalue weighted by Crippen LogP contribution is -2.11. The van der Waals surface area contributed by atoms with Crippen molar-refractivity contribution in [2.24, 2.45) is 0 Å². The molecular weight excluding hydrogens is 295 g/mol. The summed E-state index contributed by atoms with van der Waals surface area (Å²) >= 11 is 0.618. The van der Waals surface area contributed by atoms with Crippen LogP contribution in [0, 0.1) is 0 Å². The third kappa shape index (κ3) is 2.87. The number of carboxylic acids is 1. The summed E-state index contributed by atoms with van der Waals surface area (Å²) in [6.45, 7) is 0. The van der Waals surface area contributed by atoms with Gasteiger partial charge in [-0.25, -0.2) is 4.79 Å². The molecule has 0 amide bonds. The van der Waals surface area contributed by atoms with Crippen LogP contribution in [0.4, 0.5) is 24.0 Å². The molecule has 0 bridgehead atoms. The summed E-state index contributed by atoms with van der Waals surface area (Å²) in [7, 11) is 1.52. The fraction of sp³-hybridized carbons (Fsp3) is 0.182. The van der Waals surface area contributed by atoms with Crippen molar-refractivity contribution in [3.8, 4) is 0 Å². The van der Waals surface area contributed by atoms with Crippen molar-refractivity contribution in [1.82, 2.24) is 9.36 Å². The van der Waals surface area contributed by atoms with Crippen LogP contribution in [0.3, 0.4) is 0 Å². The Kier molecular flexibility index (Phi) is 3.62. The summed E-state index contributed by atoms with van der Waals surface area (Å²) in [5, 5.41) is 8.84. The van der Waals surface area contributed by atoms with Gasteiger partial charge in [-0.15, -0.1) is 0 Å². The van der Waals surface area contributed by atoms with Crippen LogP contribution in [0.25, 0.3) is 0 Å². The predicted octanol–water partition coefficient (Wildman–Crippen LogP) is 3.02. The van der Waals surface area contributed by atoms with Crippen LogP contribution in [-0.2, 0) is 6.18 Å². The fourth-order valence-electron chi connectivity index (χ4n) is 1.40. The first-order valence-electron chi connectivity index (χ1n) is 5.27. The van der Waals surface area contributed by atoms with Gasteiger partial charge >= 0.3 is 12.1 Å². The van der Waals surface area contributed by atoms with E-state index in [1.54, 1.807) is 0 Å². The van der Waals surface area contributed by atoms with Crippen LogP contribution >= 0.6 is 11.5 Å². The second kappa shape index (κ2) is 5.08. The van der Waals surface area contributed by atoms with E-state index in [4.69, 9.17) is 5.11 Å². The molecule has 2 aromatic rings. The first kappa shape index (κ1) is 14.3. The first-order valence-corrected chi connectivity index (χ1v) is 6.04. The number of nitrogens with zero attached hydrogens (tertiary/aromatic N) is 3. The minimum absolute atomic E-state index is 0.0698. The van der Waals surface area contributed by atoms with Gasteiger partial charge in [0.2, 0.25) is 11.0 Å². The molecule has 106 valence electrons. The number of benzene rings is 1. The maximum absolute atomic E-state index is 12.4. The number of aromatic nitrogens is 2. The Bertz CT molecular complexity index is 625. The molecule has 0 aliphatic heterocycles. The van der Waals surface area contributed by atoms with Crippen LogP contribution in [0.2, 0.25) is 0 Å². The van der Waals surface area contributed by atoms with E-state index in [2.05, 4.69) is 9.36 Å². The quantitative estimate of drug-likeness (QED) is 0.944. The third-order valence-corrected chi connectivity index (χ3v) is 3.25. The third-order valence-electron chi connectivity index (χ3n) is 2.46. The van der Waals surface area contributed by atoms with E-state index < -0.39 is 18.0 Å². The number of alkyl halides is 3. The molecule has 0 unspecified atom stereocenters. The van der Waals surface area contributed by atoms with Gasteiger partial charge in [-0.05, 0) is 24.3 Å². The molecule has 1 N–H and O–H groups in total. The van der Waals surface area contributed by atoms with E-state index in [1.165, 1.54) is 36.2 Å². The van der Waals surface area contributed by atoms with Crippen LogP contribution in [-0.4, -0.2) is 27.5 Å². The van der Waals surface area contributed by atoms with Crippen LogP contribution in [0.15, 0.2) is 24.3 Å². The number of rotatable bonds is 3. The standard InChI is InChI=1S/C11H8F3N3O2S/c1-17(7-4-2-6(3-5-7)8(18)19)10-15-9(16-20-10)11(12,13)14/h2-5H,1H3,(H,18,19). The lowest BCUT2D eigenvalue weighted by atomic mass is 10.2. The molecule has 0 aliphatic rings. The Morgan fingerprint density at radius 3 is 2.35 bits per heavy atom. The zero-order valence-electron chi connectivity index (χ0n) is 10.0. The Morgan fingerprint density at radius 2 is 1.90 bits per heavy atom. The maximum atomic E-state index is 12.4. The van der Waals surface area contributed by atoms with Crippen molar-refractivity contribution >= 4 is 28.3 Å². The molecule has 20 heavy (non-hydrogen) atoms. The van der Waals surface area contributed by atoms with Crippen LogP contribution in [0.5, 0.6) is 0 Å². The molecule has 0 spiro atoms. The van der Waals surface area contributed by atoms with E-state index in [-0.39, 0.29) is 10.7 Å². The average molecular weight is 303 g/mol. The van der Waals surface area contributed by atoms with E-state index in [9.17, 15) is 18.0 Å². The monoisotopic (exact) mass is 303 g/mol. The molecule has 9 heteroatoms. The number of carbonyl (C=O) groups is 1. The lowest BCUT2D eigenvalue weighted by Gasteiger charge is -2.15. The molecule has 5 nitrogen and oxygen atoms in total. The summed E-state index contributed by atoms with van der Waals surface area (Å²) in [5.74, 6) is -2.26. The SMILES string of the molecule is CN(c1ccc(C(=O)O)cc1)c1nc(C(F)(F)F)ns1. The summed E-state index contributed by atoms with van der Waals surface area (Å²) in [6.07, 6.45) is -4.58. The highest BCUT2D eigenvalue weighted by molar-refractivity contribution is 7.09. The van der Waals surface area contributed by atoms with Crippen molar-refractivity contribution in [2.45, 2.75) is 6.18 Å². The Morgan fingerprint density at radius 1 is 1.30 bits per heavy atom. The summed E-state index contributed by atoms with van der Waals surface area (Å²) in [4.78, 5) is 15.5. The Balaban J connectivity index is 2.24. The highest BCUT2D eigenvalue weighted by Crippen LogP contribution is 2.32. The van der Waals surface area contributed by atoms with E-state index in [0.717, 1.165) is 0 Å². The van der Waals surface area contributed by atoms with Crippen LogP contribution < -0.4 is 4.90 Å². The smallest absolute Gasteiger partial charge is 0.452 e. The van der Waals surface area contributed by atoms with Gasteiger partial charge in [-0.3, -0.25) is 0 Å². The molecule has 1 aromatic carbocycles. The van der Waals surface area contributed by atoms with Gasteiger partial charge < -0.3 is 10.0 Å². The first-order chi connectivity index (χ1) is 9.29. The van der Waals surface area contributed by atoms with E-state index in [0.29, 0.717) is 17.2 Å². The predicted molar refractivity (Wildman–Crippen MR) is 66.4 cm³/mol. The zero-order chi connectivity index (χ0) is 14.9. The zero-order valence-corrected chi connectivity index (χ0v) is 10.9. The van der Waals surface area contributed by atoms with Gasteiger partial charge in [0.15, 0.2) is 0 Å². The normalized spacial score (nSPS) is 11.4. The molecule has 1 aromatic heterocycles. The van der Waals surface area contributed by atoms with Crippen molar-refractivity contribution in [3.05, 3.63) is 35.7 Å². The number of aromatic carboxylic acids is 1. The Hall–Kier alpha value is -2.16. The number of hydrogen-bond donors (Lipinski definition) is 1. The van der Waals surface area contributed by atoms with Crippen molar-refractivity contribution < 1.29 is 23.1 Å². The summed E-state index contributed by atoms with van der Waals surface area (Å²) in [5.41, 5.74) is 0.607. The fourth-order valence-corrected chi connectivity index (χ4v) is 2.07. The second-order valence-electron chi connectivity index (χ2n) is 3.81. The molecule has 0 fully saturated rings. The van der Waals surface area contributed by atoms with Crippen LogP contribution in [0.1, 0.15) is 16.2 Å². The van der Waals surface area contributed by atoms with Crippen molar-refractivity contribution in [1.29, 1.82) is 0 Å².